The molecule has 0 saturated heterocycles. The fraction of sp³-hybridized carbons (Fsp3) is 0.391. The molecule has 168 valence electrons. The number of pyridine rings is 1. The Balaban J connectivity index is 1.72. The molecule has 4 rings (SSSR count). The highest BCUT2D eigenvalue weighted by Crippen LogP contribution is 2.40. The molecular weight excluding hydrogens is 414 g/mol. The minimum atomic E-state index is -0.691. The number of hydrogen-bond acceptors (Lipinski definition) is 8. The maximum Gasteiger partial charge on any atom is 0.307 e. The van der Waals surface area contributed by atoms with Gasteiger partial charge in [-0.1, -0.05) is 5.16 Å². The van der Waals surface area contributed by atoms with E-state index in [1.807, 2.05) is 0 Å². The molecule has 0 aliphatic heterocycles. The van der Waals surface area contributed by atoms with Crippen molar-refractivity contribution in [2.75, 3.05) is 21.3 Å². The summed E-state index contributed by atoms with van der Waals surface area (Å²) in [5, 5.41) is 7.51. The topological polar surface area (TPSA) is 113 Å². The Morgan fingerprint density at radius 1 is 1.19 bits per heavy atom. The predicted molar refractivity (Wildman–Crippen MR) is 115 cm³/mol. The van der Waals surface area contributed by atoms with Gasteiger partial charge in [-0.05, 0) is 38.0 Å². The van der Waals surface area contributed by atoms with Crippen molar-refractivity contribution < 1.29 is 28.3 Å². The molecule has 9 heteroatoms. The van der Waals surface area contributed by atoms with Gasteiger partial charge in [-0.25, -0.2) is 4.98 Å². The zero-order valence-electron chi connectivity index (χ0n) is 18.4. The van der Waals surface area contributed by atoms with Crippen LogP contribution in [0.5, 0.6) is 11.5 Å². The lowest BCUT2D eigenvalue weighted by Crippen LogP contribution is -2.31. The lowest BCUT2D eigenvalue weighted by molar-refractivity contribution is -0.141. The van der Waals surface area contributed by atoms with Gasteiger partial charge in [-0.2, -0.15) is 0 Å². The van der Waals surface area contributed by atoms with Gasteiger partial charge in [-0.15, -0.1) is 0 Å². The van der Waals surface area contributed by atoms with Crippen molar-refractivity contribution >= 4 is 23.0 Å². The molecule has 1 aliphatic rings. The number of nitrogens with zero attached hydrogens (tertiary/aromatic N) is 2. The molecule has 1 amide bonds. The first-order chi connectivity index (χ1) is 15.4. The zero-order valence-corrected chi connectivity index (χ0v) is 18.4. The Hall–Kier alpha value is -3.62. The lowest BCUT2D eigenvalue weighted by Gasteiger charge is -2.21. The van der Waals surface area contributed by atoms with Gasteiger partial charge in [0.25, 0.3) is 11.6 Å². The first-order valence-corrected chi connectivity index (χ1v) is 10.3. The van der Waals surface area contributed by atoms with E-state index >= 15 is 0 Å². The molecule has 1 aliphatic carbocycles. The number of benzene rings is 1. The molecule has 0 bridgehead atoms. The minimum absolute atomic E-state index is 0.0722. The van der Waals surface area contributed by atoms with Gasteiger partial charge in [0.15, 0.2) is 0 Å². The summed E-state index contributed by atoms with van der Waals surface area (Å²) in [5.41, 5.74) is 2.76. The summed E-state index contributed by atoms with van der Waals surface area (Å²) in [6.45, 7) is 1.76. The number of fused-ring (bicyclic) bond motifs is 1. The molecule has 2 heterocycles. The van der Waals surface area contributed by atoms with E-state index in [1.54, 1.807) is 38.3 Å². The van der Waals surface area contributed by atoms with E-state index in [1.165, 1.54) is 14.2 Å². The van der Waals surface area contributed by atoms with Crippen molar-refractivity contribution in [2.45, 2.75) is 38.1 Å². The zero-order chi connectivity index (χ0) is 22.8. The van der Waals surface area contributed by atoms with Crippen LogP contribution in [-0.4, -0.2) is 43.3 Å². The number of carbonyl (C=O) groups excluding carboxylic acids is 2. The molecule has 32 heavy (non-hydrogen) atoms. The maximum atomic E-state index is 13.5. The van der Waals surface area contributed by atoms with Crippen LogP contribution >= 0.6 is 0 Å². The van der Waals surface area contributed by atoms with Crippen LogP contribution in [0.25, 0.3) is 11.1 Å². The normalized spacial score (nSPS) is 14.1. The van der Waals surface area contributed by atoms with Gasteiger partial charge < -0.3 is 24.1 Å². The lowest BCUT2D eigenvalue weighted by atomic mass is 10.0. The van der Waals surface area contributed by atoms with E-state index in [2.05, 4.69) is 15.5 Å². The van der Waals surface area contributed by atoms with Crippen molar-refractivity contribution in [3.05, 3.63) is 46.8 Å². The highest BCUT2D eigenvalue weighted by molar-refractivity contribution is 6.06. The molecular formula is C23H25N3O6. The van der Waals surface area contributed by atoms with Crippen LogP contribution in [-0.2, 0) is 9.53 Å². The third-order valence-corrected chi connectivity index (χ3v) is 5.60. The summed E-state index contributed by atoms with van der Waals surface area (Å²) >= 11 is 0. The number of hydrogen-bond donors (Lipinski definition) is 1. The van der Waals surface area contributed by atoms with E-state index < -0.39 is 12.0 Å². The highest BCUT2D eigenvalue weighted by Gasteiger charge is 2.30. The summed E-state index contributed by atoms with van der Waals surface area (Å²) < 4.78 is 20.9. The molecule has 3 aromatic rings. The quantitative estimate of drug-likeness (QED) is 0.531. The second kappa shape index (κ2) is 8.86. The summed E-state index contributed by atoms with van der Waals surface area (Å²) in [4.78, 5) is 30.1. The number of rotatable bonds is 8. The minimum Gasteiger partial charge on any atom is -0.497 e. The van der Waals surface area contributed by atoms with Gasteiger partial charge in [0.1, 0.15) is 11.5 Å². The maximum absolute atomic E-state index is 13.5. The summed E-state index contributed by atoms with van der Waals surface area (Å²) in [5.74, 6) is 0.575. The number of esters is 1. The van der Waals surface area contributed by atoms with E-state index in [-0.39, 0.29) is 12.3 Å². The number of aryl methyl sites for hydroxylation is 1. The van der Waals surface area contributed by atoms with Crippen LogP contribution in [0.4, 0.5) is 0 Å². The Kier molecular flexibility index (Phi) is 5.98. The first-order valence-electron chi connectivity index (χ1n) is 10.3. The van der Waals surface area contributed by atoms with Gasteiger partial charge in [-0.3, -0.25) is 9.59 Å². The predicted octanol–water partition coefficient (Wildman–Crippen LogP) is 3.46. The van der Waals surface area contributed by atoms with Gasteiger partial charge in [0.2, 0.25) is 0 Å². The van der Waals surface area contributed by atoms with Crippen molar-refractivity contribution in [1.82, 2.24) is 15.5 Å². The monoisotopic (exact) mass is 439 g/mol. The summed E-state index contributed by atoms with van der Waals surface area (Å²) in [6.07, 6.45) is 1.98. The average Bonchev–Trinajstić information content (AvgIpc) is 3.60. The van der Waals surface area contributed by atoms with Crippen molar-refractivity contribution in [2.24, 2.45) is 0 Å². The number of carbonyl (C=O) groups is 2. The third-order valence-electron chi connectivity index (χ3n) is 5.60. The first kappa shape index (κ1) is 21.6. The molecule has 0 radical (unpaired) electrons. The molecule has 1 unspecified atom stereocenters. The van der Waals surface area contributed by atoms with Crippen LogP contribution in [0.1, 0.15) is 58.5 Å². The van der Waals surface area contributed by atoms with Crippen molar-refractivity contribution in [3.63, 3.8) is 0 Å². The van der Waals surface area contributed by atoms with E-state index in [0.29, 0.717) is 45.3 Å². The Morgan fingerprint density at radius 3 is 2.62 bits per heavy atom. The fourth-order valence-corrected chi connectivity index (χ4v) is 3.71. The van der Waals surface area contributed by atoms with E-state index in [4.69, 9.17) is 18.7 Å². The van der Waals surface area contributed by atoms with Gasteiger partial charge in [0, 0.05) is 23.2 Å². The number of aromatic nitrogens is 2. The number of methoxy groups -OCH3 is 3. The highest BCUT2D eigenvalue weighted by atomic mass is 16.5. The van der Waals surface area contributed by atoms with E-state index in [9.17, 15) is 9.59 Å². The molecule has 1 saturated carbocycles. The van der Waals surface area contributed by atoms with Crippen LogP contribution in [0.15, 0.2) is 28.8 Å². The van der Waals surface area contributed by atoms with Crippen LogP contribution in [0, 0.1) is 6.92 Å². The largest absolute Gasteiger partial charge is 0.497 e. The molecule has 1 aromatic carbocycles. The standard InChI is InChI=1S/C23H25N3O6/c1-12-21-16(10-17(13-5-6-13)25-23(21)32-26-12)22(28)24-18(11-20(27)31-4)15-8-7-14(29-2)9-19(15)30-3/h7-10,13,18H,5-6,11H2,1-4H3,(H,24,28). The third kappa shape index (κ3) is 4.23. The van der Waals surface area contributed by atoms with Crippen LogP contribution in [0.3, 0.4) is 0 Å². The van der Waals surface area contributed by atoms with Crippen molar-refractivity contribution in [1.29, 1.82) is 0 Å². The number of nitrogens with one attached hydrogen (secondary N) is 1. The van der Waals surface area contributed by atoms with Crippen molar-refractivity contribution in [3.8, 4) is 11.5 Å². The summed E-state index contributed by atoms with van der Waals surface area (Å²) in [7, 11) is 4.38. The van der Waals surface area contributed by atoms with Gasteiger partial charge in [0.05, 0.1) is 50.4 Å². The molecule has 1 N–H and O–H groups in total. The average molecular weight is 439 g/mol. The second-order valence-electron chi connectivity index (χ2n) is 7.73. The SMILES string of the molecule is COC(=O)CC(NC(=O)c1cc(C2CC2)nc2onc(C)c12)c1ccc(OC)cc1OC. The smallest absolute Gasteiger partial charge is 0.307 e. The number of amides is 1. The molecule has 1 atom stereocenters. The second-order valence-corrected chi connectivity index (χ2v) is 7.73. The molecule has 2 aromatic heterocycles. The molecule has 0 spiro atoms. The Labute approximate surface area is 185 Å². The van der Waals surface area contributed by atoms with Crippen LogP contribution < -0.4 is 14.8 Å². The Bertz CT molecular complexity index is 1170. The van der Waals surface area contributed by atoms with E-state index in [0.717, 1.165) is 18.5 Å². The van der Waals surface area contributed by atoms with Gasteiger partial charge >= 0.3 is 5.97 Å². The Morgan fingerprint density at radius 2 is 1.97 bits per heavy atom. The fourth-order valence-electron chi connectivity index (χ4n) is 3.71. The van der Waals surface area contributed by atoms with Crippen LogP contribution in [0.2, 0.25) is 0 Å². The summed E-state index contributed by atoms with van der Waals surface area (Å²) in [6, 6.07) is 6.30. The molecule has 1 fully saturated rings. The molecule has 9 nitrogen and oxygen atoms in total. The number of ether oxygens (including phenoxy) is 3.